The van der Waals surface area contributed by atoms with Crippen molar-refractivity contribution in [1.29, 1.82) is 0 Å². The molecule has 8 heteroatoms. The molecule has 0 aliphatic carbocycles. The van der Waals surface area contributed by atoms with E-state index < -0.39 is 17.9 Å². The van der Waals surface area contributed by atoms with Crippen LogP contribution in [-0.4, -0.2) is 23.6 Å². The fraction of sp³-hybridized carbons (Fsp3) is 0.111. The number of carbonyl (C=O) groups excluding carboxylic acids is 2. The molecule has 0 spiro atoms. The highest BCUT2D eigenvalue weighted by Gasteiger charge is 2.38. The first-order valence-electron chi connectivity index (χ1n) is 7.40. The lowest BCUT2D eigenvalue weighted by Crippen LogP contribution is -2.29. The second kappa shape index (κ2) is 6.95. The number of thioether (sulfide) groups is 1. The van der Waals surface area contributed by atoms with E-state index in [9.17, 15) is 27.2 Å². The molecule has 1 amide bonds. The summed E-state index contributed by atoms with van der Waals surface area (Å²) in [4.78, 5) is 24.2. The van der Waals surface area contributed by atoms with E-state index in [1.807, 2.05) is 0 Å². The van der Waals surface area contributed by atoms with E-state index >= 15 is 0 Å². The summed E-state index contributed by atoms with van der Waals surface area (Å²) in [5, 5.41) is 1.76. The maximum Gasteiger partial charge on any atom is 0.471 e. The van der Waals surface area contributed by atoms with Gasteiger partial charge in [0, 0.05) is 27.5 Å². The van der Waals surface area contributed by atoms with Gasteiger partial charge in [-0.2, -0.15) is 13.2 Å². The Morgan fingerprint density at radius 2 is 1.92 bits per heavy atom. The Morgan fingerprint density at radius 1 is 1.15 bits per heavy atom. The average Bonchev–Trinajstić information content (AvgIpc) is 2.57. The second-order valence-electron chi connectivity index (χ2n) is 5.51. The molecule has 2 aromatic carbocycles. The third kappa shape index (κ3) is 3.96. The molecular weight excluding hydrogens is 370 g/mol. The van der Waals surface area contributed by atoms with Crippen molar-refractivity contribution in [1.82, 2.24) is 0 Å². The van der Waals surface area contributed by atoms with Gasteiger partial charge in [0.15, 0.2) is 5.78 Å². The molecule has 0 radical (unpaired) electrons. The van der Waals surface area contributed by atoms with E-state index in [4.69, 9.17) is 0 Å². The summed E-state index contributed by atoms with van der Waals surface area (Å²) in [6.45, 7) is 0. The van der Waals surface area contributed by atoms with Gasteiger partial charge in [-0.25, -0.2) is 4.39 Å². The Bertz CT molecular complexity index is 922. The first kappa shape index (κ1) is 18.2. The molecule has 0 atom stereocenters. The number of halogens is 4. The average molecular weight is 381 g/mol. The van der Waals surface area contributed by atoms with Crippen LogP contribution in [0.2, 0.25) is 0 Å². The highest BCUT2D eigenvalue weighted by molar-refractivity contribution is 7.99. The van der Waals surface area contributed by atoms with Gasteiger partial charge < -0.3 is 5.32 Å². The zero-order valence-corrected chi connectivity index (χ0v) is 13.9. The summed E-state index contributed by atoms with van der Waals surface area (Å²) in [6, 6.07) is 9.68. The van der Waals surface area contributed by atoms with Gasteiger partial charge in [0.05, 0.1) is 0 Å². The smallest absolute Gasteiger partial charge is 0.318 e. The minimum atomic E-state index is -4.99. The lowest BCUT2D eigenvalue weighted by atomic mass is 10.0. The normalized spacial score (nSPS) is 15.7. The van der Waals surface area contributed by atoms with Gasteiger partial charge in [-0.1, -0.05) is 12.1 Å². The van der Waals surface area contributed by atoms with Crippen LogP contribution in [0.4, 0.5) is 23.2 Å². The number of carbonyl (C=O) groups is 2. The minimum absolute atomic E-state index is 0.0379. The molecule has 0 aromatic heterocycles. The number of Topliss-reactive ketones (excluding diaryl/α,β-unsaturated/α-hetero) is 1. The van der Waals surface area contributed by atoms with Crippen LogP contribution in [0.3, 0.4) is 0 Å². The van der Waals surface area contributed by atoms with Crippen molar-refractivity contribution >= 4 is 35.2 Å². The Labute approximate surface area is 150 Å². The highest BCUT2D eigenvalue weighted by atomic mass is 32.2. The van der Waals surface area contributed by atoms with Crippen molar-refractivity contribution in [2.24, 2.45) is 0 Å². The summed E-state index contributed by atoms with van der Waals surface area (Å²) in [6.07, 6.45) is -3.47. The molecule has 1 aliphatic heterocycles. The lowest BCUT2D eigenvalue weighted by Gasteiger charge is -2.17. The van der Waals surface area contributed by atoms with Crippen molar-refractivity contribution in [2.75, 3.05) is 11.1 Å². The molecule has 26 heavy (non-hydrogen) atoms. The van der Waals surface area contributed by atoms with Crippen LogP contribution in [0.15, 0.2) is 52.9 Å². The number of nitrogens with one attached hydrogen (secondary N) is 1. The number of benzene rings is 2. The third-order valence-corrected chi connectivity index (χ3v) is 4.73. The molecule has 1 heterocycles. The fourth-order valence-corrected chi connectivity index (χ4v) is 3.41. The highest BCUT2D eigenvalue weighted by Crippen LogP contribution is 2.34. The number of hydrogen-bond acceptors (Lipinski definition) is 3. The number of amides is 1. The number of hydrogen-bond donors (Lipinski definition) is 1. The van der Waals surface area contributed by atoms with E-state index in [2.05, 4.69) is 0 Å². The summed E-state index contributed by atoms with van der Waals surface area (Å²) >= 11 is 1.37. The van der Waals surface area contributed by atoms with Gasteiger partial charge in [-0.05, 0) is 42.0 Å². The molecule has 2 aromatic rings. The van der Waals surface area contributed by atoms with Gasteiger partial charge in [0.1, 0.15) is 5.82 Å². The van der Waals surface area contributed by atoms with Crippen LogP contribution in [0, 0.1) is 5.82 Å². The number of ketones is 1. The fourth-order valence-electron chi connectivity index (χ4n) is 2.42. The number of alkyl halides is 3. The van der Waals surface area contributed by atoms with E-state index in [-0.39, 0.29) is 17.0 Å². The first-order valence-corrected chi connectivity index (χ1v) is 8.38. The molecule has 1 aliphatic rings. The molecule has 0 unspecified atom stereocenters. The van der Waals surface area contributed by atoms with Crippen molar-refractivity contribution in [3.8, 4) is 0 Å². The molecular formula is C18H11F4NO2S. The topological polar surface area (TPSA) is 46.2 Å². The third-order valence-electron chi connectivity index (χ3n) is 3.60. The largest absolute Gasteiger partial charge is 0.471 e. The molecule has 0 fully saturated rings. The first-order chi connectivity index (χ1) is 12.2. The van der Waals surface area contributed by atoms with Crippen LogP contribution >= 0.6 is 11.8 Å². The van der Waals surface area contributed by atoms with Crippen LogP contribution in [0.5, 0.6) is 0 Å². The van der Waals surface area contributed by atoms with E-state index in [0.29, 0.717) is 21.8 Å². The number of fused-ring (bicyclic) bond motifs is 1. The van der Waals surface area contributed by atoms with Crippen LogP contribution in [0.25, 0.3) is 6.08 Å². The van der Waals surface area contributed by atoms with Crippen molar-refractivity contribution in [2.45, 2.75) is 11.1 Å². The number of rotatable bonds is 2. The van der Waals surface area contributed by atoms with Gasteiger partial charge in [-0.3, -0.25) is 9.59 Å². The SMILES string of the molecule is O=C1C(=Cc2cccc(NC(=O)C(F)(F)F)c2)CSc2ccc(F)cc21. The Hall–Kier alpha value is -2.61. The summed E-state index contributed by atoms with van der Waals surface area (Å²) in [5.74, 6) is -2.56. The molecule has 134 valence electrons. The quantitative estimate of drug-likeness (QED) is 0.606. The molecule has 3 nitrogen and oxygen atoms in total. The predicted molar refractivity (Wildman–Crippen MR) is 90.6 cm³/mol. The Balaban J connectivity index is 1.86. The minimum Gasteiger partial charge on any atom is -0.318 e. The molecule has 0 saturated carbocycles. The summed E-state index contributed by atoms with van der Waals surface area (Å²) in [5.41, 5.74) is 1.07. The maximum absolute atomic E-state index is 13.4. The van der Waals surface area contributed by atoms with Gasteiger partial charge in [0.25, 0.3) is 0 Å². The van der Waals surface area contributed by atoms with Crippen LogP contribution < -0.4 is 5.32 Å². The zero-order valence-electron chi connectivity index (χ0n) is 13.1. The van der Waals surface area contributed by atoms with Crippen molar-refractivity contribution < 1.29 is 27.2 Å². The molecule has 0 bridgehead atoms. The van der Waals surface area contributed by atoms with Crippen LogP contribution in [-0.2, 0) is 4.79 Å². The molecule has 1 N–H and O–H groups in total. The van der Waals surface area contributed by atoms with E-state index in [1.165, 1.54) is 48.2 Å². The van der Waals surface area contributed by atoms with Gasteiger partial charge in [0.2, 0.25) is 0 Å². The summed E-state index contributed by atoms with van der Waals surface area (Å²) in [7, 11) is 0. The monoisotopic (exact) mass is 381 g/mol. The van der Waals surface area contributed by atoms with Gasteiger partial charge >= 0.3 is 12.1 Å². The Morgan fingerprint density at radius 3 is 2.65 bits per heavy atom. The van der Waals surface area contributed by atoms with Gasteiger partial charge in [-0.15, -0.1) is 11.8 Å². The standard InChI is InChI=1S/C18H11F4NO2S/c19-12-4-5-15-14(8-12)16(24)11(9-26-15)6-10-2-1-3-13(7-10)23-17(25)18(20,21)22/h1-8H,9H2,(H,23,25). The Kier molecular flexibility index (Phi) is 4.86. The molecule has 3 rings (SSSR count). The van der Waals surface area contributed by atoms with Crippen molar-refractivity contribution in [3.05, 3.63) is 65.0 Å². The van der Waals surface area contributed by atoms with Crippen molar-refractivity contribution in [3.63, 3.8) is 0 Å². The lowest BCUT2D eigenvalue weighted by molar-refractivity contribution is -0.167. The number of anilines is 1. The molecule has 0 saturated heterocycles. The second-order valence-corrected chi connectivity index (χ2v) is 6.52. The van der Waals surface area contributed by atoms with E-state index in [1.54, 1.807) is 11.4 Å². The van der Waals surface area contributed by atoms with Crippen LogP contribution in [0.1, 0.15) is 15.9 Å². The van der Waals surface area contributed by atoms with E-state index in [0.717, 1.165) is 6.07 Å². The predicted octanol–water partition coefficient (Wildman–Crippen LogP) is 4.70. The summed E-state index contributed by atoms with van der Waals surface area (Å²) < 4.78 is 50.4. The zero-order chi connectivity index (χ0) is 18.9. The maximum atomic E-state index is 13.4.